The van der Waals surface area contributed by atoms with E-state index >= 15 is 0 Å². The van der Waals surface area contributed by atoms with Crippen molar-refractivity contribution in [3.05, 3.63) is 88.5 Å². The standard InChI is InChI=1S/C29H24F5NO4/c30-25-4-2-1-3-22(25)21-6-5-17(10-24(21)29(32,33)34)15-38-20-11-26(31)23-9-18(16-39-27(23)12-20)13-35-8-7-19(14-35)28(36)37/h1-6,9-12,19H,7-8,13-16H2,(H,36,37)/t19-/m0/s1. The first-order valence-electron chi connectivity index (χ1n) is 12.3. The molecule has 5 rings (SSSR count). The Morgan fingerprint density at radius 3 is 2.56 bits per heavy atom. The highest BCUT2D eigenvalue weighted by Gasteiger charge is 2.34. The Bertz CT molecular complexity index is 1440. The van der Waals surface area contributed by atoms with Gasteiger partial charge in [-0.15, -0.1) is 0 Å². The molecule has 3 aromatic carbocycles. The van der Waals surface area contributed by atoms with E-state index in [9.17, 15) is 31.9 Å². The van der Waals surface area contributed by atoms with Gasteiger partial charge in [0.25, 0.3) is 0 Å². The maximum Gasteiger partial charge on any atom is 0.417 e. The SMILES string of the molecule is O=C(O)[C@H]1CCN(CC2=Cc3c(F)cc(OCc4ccc(-c5ccccc5F)c(C(F)(F)F)c4)cc3OC2)C1. The van der Waals surface area contributed by atoms with Gasteiger partial charge < -0.3 is 14.6 Å². The van der Waals surface area contributed by atoms with Gasteiger partial charge in [0.15, 0.2) is 0 Å². The molecular weight excluding hydrogens is 521 g/mol. The summed E-state index contributed by atoms with van der Waals surface area (Å²) in [4.78, 5) is 13.2. The van der Waals surface area contributed by atoms with Gasteiger partial charge in [0.1, 0.15) is 36.3 Å². The van der Waals surface area contributed by atoms with Crippen molar-refractivity contribution in [2.75, 3.05) is 26.2 Å². The molecular formula is C29H24F5NO4. The highest BCUT2D eigenvalue weighted by Crippen LogP contribution is 2.39. The number of rotatable bonds is 7. The second-order valence-corrected chi connectivity index (χ2v) is 9.61. The predicted octanol–water partition coefficient (Wildman–Crippen LogP) is 6.41. The third kappa shape index (κ3) is 5.90. The van der Waals surface area contributed by atoms with Crippen molar-refractivity contribution in [1.29, 1.82) is 0 Å². The molecule has 0 aliphatic carbocycles. The molecule has 3 aromatic rings. The first-order valence-corrected chi connectivity index (χ1v) is 12.3. The van der Waals surface area contributed by atoms with Crippen molar-refractivity contribution in [2.24, 2.45) is 5.92 Å². The summed E-state index contributed by atoms with van der Waals surface area (Å²) in [5.74, 6) is -2.30. The lowest BCUT2D eigenvalue weighted by molar-refractivity contribution is -0.141. The number of carboxylic acid groups (broad SMARTS) is 1. The Kier molecular flexibility index (Phi) is 7.31. The average Bonchev–Trinajstić information content (AvgIpc) is 3.36. The van der Waals surface area contributed by atoms with E-state index in [-0.39, 0.29) is 47.0 Å². The van der Waals surface area contributed by atoms with Gasteiger partial charge in [-0.05, 0) is 47.9 Å². The van der Waals surface area contributed by atoms with Crippen molar-refractivity contribution >= 4 is 12.0 Å². The molecule has 2 aliphatic heterocycles. The van der Waals surface area contributed by atoms with Crippen molar-refractivity contribution in [2.45, 2.75) is 19.2 Å². The summed E-state index contributed by atoms with van der Waals surface area (Å²) in [6.45, 7) is 1.43. The van der Waals surface area contributed by atoms with E-state index in [1.54, 1.807) is 6.08 Å². The first kappa shape index (κ1) is 26.7. The van der Waals surface area contributed by atoms with E-state index in [1.165, 1.54) is 36.4 Å². The summed E-state index contributed by atoms with van der Waals surface area (Å²) < 4.78 is 81.8. The molecule has 1 saturated heterocycles. The van der Waals surface area contributed by atoms with Crippen LogP contribution in [-0.2, 0) is 17.6 Å². The van der Waals surface area contributed by atoms with Crippen LogP contribution in [0.3, 0.4) is 0 Å². The third-order valence-electron chi connectivity index (χ3n) is 6.83. The Morgan fingerprint density at radius 2 is 1.85 bits per heavy atom. The van der Waals surface area contributed by atoms with Crippen LogP contribution < -0.4 is 9.47 Å². The number of likely N-dealkylation sites (tertiary alicyclic amines) is 1. The smallest absolute Gasteiger partial charge is 0.417 e. The minimum atomic E-state index is -4.73. The van der Waals surface area contributed by atoms with Gasteiger partial charge >= 0.3 is 12.1 Å². The number of ether oxygens (including phenoxy) is 2. The van der Waals surface area contributed by atoms with Crippen LogP contribution in [0.1, 0.15) is 23.1 Å². The molecule has 1 atom stereocenters. The molecule has 1 fully saturated rings. The fraction of sp³-hybridized carbons (Fsp3) is 0.276. The number of aliphatic carboxylic acids is 1. The molecule has 0 unspecified atom stereocenters. The minimum absolute atomic E-state index is 0.0821. The van der Waals surface area contributed by atoms with Gasteiger partial charge in [-0.3, -0.25) is 9.69 Å². The van der Waals surface area contributed by atoms with Crippen molar-refractivity contribution in [3.8, 4) is 22.6 Å². The Hall–Kier alpha value is -3.92. The molecule has 39 heavy (non-hydrogen) atoms. The molecule has 0 amide bonds. The first-order chi connectivity index (χ1) is 18.6. The summed E-state index contributed by atoms with van der Waals surface area (Å²) in [6.07, 6.45) is -2.50. The summed E-state index contributed by atoms with van der Waals surface area (Å²) >= 11 is 0. The number of hydrogen-bond acceptors (Lipinski definition) is 4. The second kappa shape index (κ2) is 10.7. The van der Waals surface area contributed by atoms with Crippen LogP contribution in [-0.4, -0.2) is 42.2 Å². The average molecular weight is 546 g/mol. The molecule has 0 aromatic heterocycles. The fourth-order valence-electron chi connectivity index (χ4n) is 4.88. The predicted molar refractivity (Wildman–Crippen MR) is 133 cm³/mol. The number of hydrogen-bond donors (Lipinski definition) is 1. The van der Waals surface area contributed by atoms with E-state index in [1.807, 2.05) is 4.90 Å². The van der Waals surface area contributed by atoms with Crippen molar-refractivity contribution in [3.63, 3.8) is 0 Å². The molecule has 5 nitrogen and oxygen atoms in total. The van der Waals surface area contributed by atoms with Gasteiger partial charge in [0, 0.05) is 30.8 Å². The Morgan fingerprint density at radius 1 is 1.05 bits per heavy atom. The van der Waals surface area contributed by atoms with Gasteiger partial charge in [0.2, 0.25) is 0 Å². The van der Waals surface area contributed by atoms with E-state index in [0.29, 0.717) is 26.1 Å². The summed E-state index contributed by atoms with van der Waals surface area (Å²) in [7, 11) is 0. The van der Waals surface area contributed by atoms with Crippen LogP contribution in [0, 0.1) is 17.6 Å². The van der Waals surface area contributed by atoms with Crippen LogP contribution in [0.5, 0.6) is 11.5 Å². The maximum atomic E-state index is 14.9. The molecule has 10 heteroatoms. The molecule has 2 aliphatic rings. The molecule has 0 saturated carbocycles. The van der Waals surface area contributed by atoms with Gasteiger partial charge in [-0.25, -0.2) is 8.78 Å². The Labute approximate surface area is 221 Å². The molecule has 204 valence electrons. The van der Waals surface area contributed by atoms with Crippen LogP contribution >= 0.6 is 0 Å². The highest BCUT2D eigenvalue weighted by atomic mass is 19.4. The monoisotopic (exact) mass is 545 g/mol. The highest BCUT2D eigenvalue weighted by molar-refractivity contribution is 5.71. The van der Waals surface area contributed by atoms with Gasteiger partial charge in [-0.2, -0.15) is 13.2 Å². The largest absolute Gasteiger partial charge is 0.489 e. The number of carbonyl (C=O) groups is 1. The molecule has 2 heterocycles. The number of alkyl halides is 3. The van der Waals surface area contributed by atoms with Crippen LogP contribution in [0.25, 0.3) is 17.2 Å². The zero-order valence-corrected chi connectivity index (χ0v) is 20.6. The molecule has 0 radical (unpaired) electrons. The Balaban J connectivity index is 1.30. The maximum absolute atomic E-state index is 14.9. The minimum Gasteiger partial charge on any atom is -0.489 e. The van der Waals surface area contributed by atoms with Crippen LogP contribution in [0.4, 0.5) is 22.0 Å². The molecule has 0 spiro atoms. The van der Waals surface area contributed by atoms with E-state index in [2.05, 4.69) is 0 Å². The van der Waals surface area contributed by atoms with Crippen LogP contribution in [0.15, 0.2) is 60.2 Å². The number of fused-ring (bicyclic) bond motifs is 1. The number of carboxylic acids is 1. The third-order valence-corrected chi connectivity index (χ3v) is 6.83. The number of benzene rings is 3. The number of halogens is 5. The van der Waals surface area contributed by atoms with E-state index in [0.717, 1.165) is 23.8 Å². The van der Waals surface area contributed by atoms with Crippen LogP contribution in [0.2, 0.25) is 0 Å². The van der Waals surface area contributed by atoms with E-state index < -0.39 is 35.3 Å². The zero-order chi connectivity index (χ0) is 27.7. The van der Waals surface area contributed by atoms with Gasteiger partial charge in [0.05, 0.1) is 17.0 Å². The lowest BCUT2D eigenvalue weighted by Crippen LogP contribution is -2.27. The molecule has 0 bridgehead atoms. The summed E-state index contributed by atoms with van der Waals surface area (Å²) in [5, 5.41) is 9.17. The number of nitrogens with zero attached hydrogens (tertiary/aromatic N) is 1. The summed E-state index contributed by atoms with van der Waals surface area (Å²) in [6, 6.07) is 11.3. The van der Waals surface area contributed by atoms with Gasteiger partial charge in [-0.1, -0.05) is 30.3 Å². The lowest BCUT2D eigenvalue weighted by Gasteiger charge is -2.23. The topological polar surface area (TPSA) is 59.0 Å². The summed E-state index contributed by atoms with van der Waals surface area (Å²) in [5.41, 5.74) is -0.243. The van der Waals surface area contributed by atoms with Crippen molar-refractivity contribution in [1.82, 2.24) is 4.90 Å². The fourth-order valence-corrected chi connectivity index (χ4v) is 4.88. The zero-order valence-electron chi connectivity index (χ0n) is 20.6. The van der Waals surface area contributed by atoms with Crippen molar-refractivity contribution < 1.29 is 41.3 Å². The second-order valence-electron chi connectivity index (χ2n) is 9.61. The van der Waals surface area contributed by atoms with E-state index in [4.69, 9.17) is 9.47 Å². The normalized spacial score (nSPS) is 17.4. The molecule has 1 N–H and O–H groups in total. The quantitative estimate of drug-likeness (QED) is 0.348. The lowest BCUT2D eigenvalue weighted by atomic mass is 9.97.